The highest BCUT2D eigenvalue weighted by atomic mass is 32.2. The summed E-state index contributed by atoms with van der Waals surface area (Å²) in [5.41, 5.74) is 0.888. The quantitative estimate of drug-likeness (QED) is 0.613. The molecule has 33 heavy (non-hydrogen) atoms. The van der Waals surface area contributed by atoms with Gasteiger partial charge in [0.15, 0.2) is 0 Å². The van der Waals surface area contributed by atoms with Crippen molar-refractivity contribution in [3.05, 3.63) is 54.1 Å². The summed E-state index contributed by atoms with van der Waals surface area (Å²) in [6.45, 7) is 4.57. The van der Waals surface area contributed by atoms with Crippen molar-refractivity contribution in [3.8, 4) is 5.75 Å². The Morgan fingerprint density at radius 1 is 1.03 bits per heavy atom. The summed E-state index contributed by atoms with van der Waals surface area (Å²) in [7, 11) is -2.07. The maximum atomic E-state index is 13.0. The van der Waals surface area contributed by atoms with E-state index in [2.05, 4.69) is 10.6 Å². The molecule has 0 radical (unpaired) electrons. The van der Waals surface area contributed by atoms with Crippen molar-refractivity contribution in [2.24, 2.45) is 5.41 Å². The molecule has 2 aromatic rings. The molecular formula is C24H31N3O5S. The smallest absolute Gasteiger partial charge is 0.243 e. The lowest BCUT2D eigenvalue weighted by Gasteiger charge is -2.37. The molecule has 8 nitrogen and oxygen atoms in total. The molecule has 1 heterocycles. The number of nitrogens with one attached hydrogen (secondary N) is 2. The average molecular weight is 474 g/mol. The lowest BCUT2D eigenvalue weighted by atomic mass is 9.80. The monoisotopic (exact) mass is 473 g/mol. The molecule has 0 atom stereocenters. The maximum Gasteiger partial charge on any atom is 0.243 e. The molecule has 1 fully saturated rings. The maximum absolute atomic E-state index is 13.0. The summed E-state index contributed by atoms with van der Waals surface area (Å²) < 4.78 is 32.7. The fourth-order valence-electron chi connectivity index (χ4n) is 3.69. The van der Waals surface area contributed by atoms with Gasteiger partial charge in [0.2, 0.25) is 21.8 Å². The van der Waals surface area contributed by atoms with E-state index in [9.17, 15) is 18.0 Å². The van der Waals surface area contributed by atoms with Crippen LogP contribution in [0.5, 0.6) is 5.75 Å². The van der Waals surface area contributed by atoms with Crippen LogP contribution in [-0.2, 0) is 26.2 Å². The van der Waals surface area contributed by atoms with Gasteiger partial charge in [-0.3, -0.25) is 9.59 Å². The van der Waals surface area contributed by atoms with Crippen molar-refractivity contribution in [1.82, 2.24) is 9.62 Å². The molecule has 9 heteroatoms. The Hall–Kier alpha value is -2.91. The molecule has 2 N–H and O–H groups in total. The van der Waals surface area contributed by atoms with Crippen molar-refractivity contribution in [2.75, 3.05) is 25.5 Å². The Kier molecular flexibility index (Phi) is 7.76. The van der Waals surface area contributed by atoms with E-state index >= 15 is 0 Å². The third-order valence-corrected chi connectivity index (χ3v) is 8.00. The van der Waals surface area contributed by atoms with Crippen molar-refractivity contribution in [3.63, 3.8) is 0 Å². The molecule has 178 valence electrons. The minimum Gasteiger partial charge on any atom is -0.497 e. The second kappa shape index (κ2) is 10.4. The number of rotatable bonds is 8. The highest BCUT2D eigenvalue weighted by molar-refractivity contribution is 7.89. The number of benzene rings is 2. The lowest BCUT2D eigenvalue weighted by Crippen LogP contribution is -2.48. The third kappa shape index (κ3) is 5.91. The van der Waals surface area contributed by atoms with Crippen LogP contribution in [0.25, 0.3) is 0 Å². The van der Waals surface area contributed by atoms with E-state index in [1.54, 1.807) is 26.2 Å². The Labute approximate surface area is 195 Å². The van der Waals surface area contributed by atoms with Crippen LogP contribution < -0.4 is 15.4 Å². The van der Waals surface area contributed by atoms with E-state index in [1.807, 2.05) is 31.2 Å². The Bertz CT molecular complexity index is 1070. The topological polar surface area (TPSA) is 105 Å². The fraction of sp³-hybridized carbons (Fsp3) is 0.417. The number of carbonyl (C=O) groups is 2. The molecular weight excluding hydrogens is 442 g/mol. The number of hydrogen-bond donors (Lipinski definition) is 2. The molecule has 0 bridgehead atoms. The molecule has 0 aliphatic carbocycles. The highest BCUT2D eigenvalue weighted by Crippen LogP contribution is 2.34. The summed E-state index contributed by atoms with van der Waals surface area (Å²) in [5, 5.41) is 5.68. The van der Waals surface area contributed by atoms with Gasteiger partial charge in [0.25, 0.3) is 0 Å². The summed E-state index contributed by atoms with van der Waals surface area (Å²) in [6.07, 6.45) is 1.22. The largest absolute Gasteiger partial charge is 0.497 e. The second-order valence-corrected chi connectivity index (χ2v) is 10.4. The number of nitrogens with zero attached hydrogens (tertiary/aromatic N) is 1. The number of carbonyl (C=O) groups excluding carboxylic acids is 2. The van der Waals surface area contributed by atoms with Crippen LogP contribution in [0.4, 0.5) is 5.69 Å². The number of anilines is 1. The van der Waals surface area contributed by atoms with Crippen LogP contribution >= 0.6 is 0 Å². The Balaban J connectivity index is 1.57. The second-order valence-electron chi connectivity index (χ2n) is 8.42. The number of ether oxygens (including phenoxy) is 1. The zero-order chi connectivity index (χ0) is 24.1. The Morgan fingerprint density at radius 2 is 1.64 bits per heavy atom. The van der Waals surface area contributed by atoms with Gasteiger partial charge in [0.1, 0.15) is 5.75 Å². The van der Waals surface area contributed by atoms with E-state index in [0.717, 1.165) is 11.3 Å². The van der Waals surface area contributed by atoms with Gasteiger partial charge in [-0.05, 0) is 54.8 Å². The van der Waals surface area contributed by atoms with Gasteiger partial charge in [-0.15, -0.1) is 0 Å². The first-order valence-corrected chi connectivity index (χ1v) is 12.4. The van der Waals surface area contributed by atoms with Crippen molar-refractivity contribution >= 4 is 27.5 Å². The van der Waals surface area contributed by atoms with Gasteiger partial charge in [0, 0.05) is 37.2 Å². The van der Waals surface area contributed by atoms with Crippen LogP contribution in [-0.4, -0.2) is 44.7 Å². The van der Waals surface area contributed by atoms with Gasteiger partial charge in [-0.2, -0.15) is 4.31 Å². The van der Waals surface area contributed by atoms with Crippen molar-refractivity contribution in [2.45, 2.75) is 44.6 Å². The summed E-state index contributed by atoms with van der Waals surface area (Å²) in [6, 6.07) is 13.6. The molecule has 1 aliphatic heterocycles. The summed E-state index contributed by atoms with van der Waals surface area (Å²) in [5.74, 6) is 0.545. The molecule has 2 aromatic carbocycles. The fourth-order valence-corrected chi connectivity index (χ4v) is 5.14. The summed E-state index contributed by atoms with van der Waals surface area (Å²) in [4.78, 5) is 24.5. The molecule has 0 aromatic heterocycles. The number of hydrogen-bond acceptors (Lipinski definition) is 5. The predicted molar refractivity (Wildman–Crippen MR) is 126 cm³/mol. The summed E-state index contributed by atoms with van der Waals surface area (Å²) >= 11 is 0. The molecule has 0 saturated carbocycles. The zero-order valence-corrected chi connectivity index (χ0v) is 20.1. The predicted octanol–water partition coefficient (Wildman–Crippen LogP) is 3.15. The van der Waals surface area contributed by atoms with Gasteiger partial charge >= 0.3 is 0 Å². The standard InChI is InChI=1S/C24H31N3O5S/c1-4-22(28)26-19-7-11-21(12-8-19)33(30,31)27-15-13-24(2,14-16-27)23(29)25-17-18-5-9-20(32-3)10-6-18/h5-12H,4,13-17H2,1-3H3,(H,25,29)(H,26,28). The van der Waals surface area contributed by atoms with Gasteiger partial charge in [0.05, 0.1) is 12.0 Å². The zero-order valence-electron chi connectivity index (χ0n) is 19.3. The van der Waals surface area contributed by atoms with Gasteiger partial charge in [-0.25, -0.2) is 8.42 Å². The van der Waals surface area contributed by atoms with Crippen molar-refractivity contribution in [1.29, 1.82) is 0 Å². The molecule has 2 amide bonds. The minimum absolute atomic E-state index is 0.0774. The minimum atomic E-state index is -3.67. The van der Waals surface area contributed by atoms with Gasteiger partial charge < -0.3 is 15.4 Å². The highest BCUT2D eigenvalue weighted by Gasteiger charge is 2.40. The normalized spacial score (nSPS) is 16.1. The Morgan fingerprint density at radius 3 is 2.18 bits per heavy atom. The van der Waals surface area contributed by atoms with E-state index < -0.39 is 15.4 Å². The third-order valence-electron chi connectivity index (χ3n) is 6.08. The lowest BCUT2D eigenvalue weighted by molar-refractivity contribution is -0.132. The van der Waals surface area contributed by atoms with Crippen LogP contribution in [0.15, 0.2) is 53.4 Å². The van der Waals surface area contributed by atoms with Crippen LogP contribution in [0.2, 0.25) is 0 Å². The van der Waals surface area contributed by atoms with Crippen LogP contribution in [0.1, 0.15) is 38.7 Å². The van der Waals surface area contributed by atoms with E-state index in [1.165, 1.54) is 16.4 Å². The number of sulfonamides is 1. The number of methoxy groups -OCH3 is 1. The van der Waals surface area contributed by atoms with Gasteiger partial charge in [-0.1, -0.05) is 26.0 Å². The first-order chi connectivity index (χ1) is 15.7. The van der Waals surface area contributed by atoms with E-state index in [0.29, 0.717) is 31.5 Å². The molecule has 0 spiro atoms. The van der Waals surface area contributed by atoms with E-state index in [4.69, 9.17) is 4.74 Å². The SMILES string of the molecule is CCC(=O)Nc1ccc(S(=O)(=O)N2CCC(C)(C(=O)NCc3ccc(OC)cc3)CC2)cc1. The van der Waals surface area contributed by atoms with Crippen molar-refractivity contribution < 1.29 is 22.7 Å². The van der Waals surface area contributed by atoms with E-state index in [-0.39, 0.29) is 29.8 Å². The van der Waals surface area contributed by atoms with Crippen LogP contribution in [0, 0.1) is 5.41 Å². The molecule has 1 saturated heterocycles. The molecule has 3 rings (SSSR count). The molecule has 0 unspecified atom stereocenters. The first-order valence-electron chi connectivity index (χ1n) is 11.0. The average Bonchev–Trinajstić information content (AvgIpc) is 2.83. The van der Waals surface area contributed by atoms with Crippen LogP contribution in [0.3, 0.4) is 0 Å². The first kappa shape index (κ1) is 24.7. The molecule has 1 aliphatic rings. The number of amides is 2. The number of piperidine rings is 1.